The zero-order chi connectivity index (χ0) is 13.0. The van der Waals surface area contributed by atoms with E-state index in [0.717, 1.165) is 31.6 Å². The van der Waals surface area contributed by atoms with Gasteiger partial charge in [0, 0.05) is 26.3 Å². The number of rotatable bonds is 5. The van der Waals surface area contributed by atoms with Gasteiger partial charge >= 0.3 is 0 Å². The zero-order valence-corrected chi connectivity index (χ0v) is 10.5. The summed E-state index contributed by atoms with van der Waals surface area (Å²) >= 11 is 0. The predicted octanol–water partition coefficient (Wildman–Crippen LogP) is 0.0590. The van der Waals surface area contributed by atoms with Crippen molar-refractivity contribution >= 4 is 11.5 Å². The van der Waals surface area contributed by atoms with E-state index >= 15 is 0 Å². The first-order valence-corrected chi connectivity index (χ1v) is 6.03. The van der Waals surface area contributed by atoms with Crippen molar-refractivity contribution in [3.05, 3.63) is 22.6 Å². The molecule has 0 N–H and O–H groups in total. The molecule has 0 amide bonds. The van der Waals surface area contributed by atoms with Crippen molar-refractivity contribution in [2.45, 2.75) is 19.4 Å². The van der Waals surface area contributed by atoms with Crippen molar-refractivity contribution in [2.75, 3.05) is 31.7 Å². The van der Waals surface area contributed by atoms with Gasteiger partial charge in [-0.2, -0.15) is 5.10 Å². The number of nitrogens with zero attached hydrogens (tertiary/aromatic N) is 3. The molecule has 0 radical (unpaired) electrons. The molecule has 1 fully saturated rings. The van der Waals surface area contributed by atoms with E-state index in [-0.39, 0.29) is 24.5 Å². The summed E-state index contributed by atoms with van der Waals surface area (Å²) in [4.78, 5) is 25.3. The summed E-state index contributed by atoms with van der Waals surface area (Å²) in [7, 11) is 1.45. The number of aromatic nitrogens is 2. The normalized spacial score (nSPS) is 15.1. The summed E-state index contributed by atoms with van der Waals surface area (Å²) in [5, 5.41) is 4.03. The topological polar surface area (TPSA) is 64.4 Å². The third-order valence-corrected chi connectivity index (χ3v) is 2.96. The zero-order valence-electron chi connectivity index (χ0n) is 10.5. The van der Waals surface area contributed by atoms with E-state index in [2.05, 4.69) is 10.00 Å². The molecule has 6 nitrogen and oxygen atoms in total. The second kappa shape index (κ2) is 5.77. The molecule has 0 aromatic carbocycles. The number of Topliss-reactive ketones (excluding diaryl/α,β-unsaturated/α-hetero) is 1. The Morgan fingerprint density at radius 1 is 1.44 bits per heavy atom. The Hall–Kier alpha value is -1.69. The summed E-state index contributed by atoms with van der Waals surface area (Å²) in [6, 6.07) is 1.54. The van der Waals surface area contributed by atoms with Crippen LogP contribution >= 0.6 is 0 Å². The Kier molecular flexibility index (Phi) is 4.09. The molecule has 98 valence electrons. The molecule has 0 unspecified atom stereocenters. The fraction of sp³-hybridized carbons (Fsp3) is 0.583. The highest BCUT2D eigenvalue weighted by Crippen LogP contribution is 2.16. The number of anilines is 1. The van der Waals surface area contributed by atoms with Gasteiger partial charge in [0.2, 0.25) is 0 Å². The highest BCUT2D eigenvalue weighted by Gasteiger charge is 2.14. The molecule has 1 aromatic rings. The first kappa shape index (κ1) is 12.8. The number of carbonyl (C=O) groups excluding carboxylic acids is 1. The molecule has 1 aliphatic rings. The van der Waals surface area contributed by atoms with Gasteiger partial charge in [0.1, 0.15) is 13.2 Å². The molecule has 2 heterocycles. The van der Waals surface area contributed by atoms with Crippen molar-refractivity contribution in [1.82, 2.24) is 9.78 Å². The SMILES string of the molecule is COCC(=O)Cn1ncc(N2CCCC2)cc1=O. The Morgan fingerprint density at radius 2 is 2.17 bits per heavy atom. The number of carbonyl (C=O) groups is 1. The fourth-order valence-electron chi connectivity index (χ4n) is 2.06. The minimum Gasteiger partial charge on any atom is -0.377 e. The van der Waals surface area contributed by atoms with E-state index < -0.39 is 0 Å². The van der Waals surface area contributed by atoms with Gasteiger partial charge in [0.05, 0.1) is 11.9 Å². The van der Waals surface area contributed by atoms with Crippen LogP contribution in [0.3, 0.4) is 0 Å². The molecule has 1 aromatic heterocycles. The van der Waals surface area contributed by atoms with Crippen molar-refractivity contribution < 1.29 is 9.53 Å². The summed E-state index contributed by atoms with van der Waals surface area (Å²) in [6.45, 7) is 1.90. The third-order valence-electron chi connectivity index (χ3n) is 2.96. The van der Waals surface area contributed by atoms with Gasteiger partial charge in [0.15, 0.2) is 5.78 Å². The van der Waals surface area contributed by atoms with Gasteiger partial charge in [-0.05, 0) is 12.8 Å². The maximum absolute atomic E-state index is 11.8. The van der Waals surface area contributed by atoms with E-state index in [1.54, 1.807) is 12.3 Å². The lowest BCUT2D eigenvalue weighted by Gasteiger charge is -2.16. The fourth-order valence-corrected chi connectivity index (χ4v) is 2.06. The first-order chi connectivity index (χ1) is 8.70. The Bertz CT molecular complexity index is 478. The van der Waals surface area contributed by atoms with E-state index in [1.807, 2.05) is 0 Å². The number of hydrogen-bond acceptors (Lipinski definition) is 5. The lowest BCUT2D eigenvalue weighted by Crippen LogP contribution is -2.29. The number of ether oxygens (including phenoxy) is 1. The molecule has 1 aliphatic heterocycles. The molecule has 0 bridgehead atoms. The van der Waals surface area contributed by atoms with Crippen molar-refractivity contribution in [2.24, 2.45) is 0 Å². The van der Waals surface area contributed by atoms with Crippen LogP contribution in [-0.2, 0) is 16.1 Å². The summed E-state index contributed by atoms with van der Waals surface area (Å²) in [6.07, 6.45) is 3.94. The predicted molar refractivity (Wildman–Crippen MR) is 66.8 cm³/mol. The van der Waals surface area contributed by atoms with Crippen LogP contribution in [0, 0.1) is 0 Å². The van der Waals surface area contributed by atoms with Crippen LogP contribution in [0.25, 0.3) is 0 Å². The monoisotopic (exact) mass is 251 g/mol. The van der Waals surface area contributed by atoms with Crippen LogP contribution in [0.5, 0.6) is 0 Å². The van der Waals surface area contributed by atoms with E-state index in [9.17, 15) is 9.59 Å². The summed E-state index contributed by atoms with van der Waals surface area (Å²) < 4.78 is 5.89. The van der Waals surface area contributed by atoms with Gasteiger partial charge in [-0.15, -0.1) is 0 Å². The molecule has 0 atom stereocenters. The molecule has 0 aliphatic carbocycles. The molecule has 1 saturated heterocycles. The molecular weight excluding hydrogens is 234 g/mol. The molecule has 6 heteroatoms. The van der Waals surface area contributed by atoms with Crippen LogP contribution in [0.2, 0.25) is 0 Å². The second-order valence-corrected chi connectivity index (χ2v) is 4.38. The van der Waals surface area contributed by atoms with Crippen LogP contribution < -0.4 is 10.5 Å². The molecule has 0 saturated carbocycles. The molecule has 18 heavy (non-hydrogen) atoms. The highest BCUT2D eigenvalue weighted by molar-refractivity contribution is 5.79. The lowest BCUT2D eigenvalue weighted by atomic mass is 10.4. The first-order valence-electron chi connectivity index (χ1n) is 6.03. The Labute approximate surface area is 105 Å². The van der Waals surface area contributed by atoms with Crippen LogP contribution in [-0.4, -0.2) is 42.4 Å². The van der Waals surface area contributed by atoms with Crippen molar-refractivity contribution in [3.63, 3.8) is 0 Å². The molecule has 0 spiro atoms. The Balaban J connectivity index is 2.10. The Morgan fingerprint density at radius 3 is 2.78 bits per heavy atom. The molecular formula is C12H17N3O3. The number of ketones is 1. The van der Waals surface area contributed by atoms with Crippen molar-refractivity contribution in [3.8, 4) is 0 Å². The van der Waals surface area contributed by atoms with Gasteiger partial charge in [-0.1, -0.05) is 0 Å². The lowest BCUT2D eigenvalue weighted by molar-refractivity contribution is -0.123. The minimum absolute atomic E-state index is 0.00198. The number of methoxy groups -OCH3 is 1. The van der Waals surface area contributed by atoms with Gasteiger partial charge in [-0.25, -0.2) is 4.68 Å². The highest BCUT2D eigenvalue weighted by atomic mass is 16.5. The average molecular weight is 251 g/mol. The second-order valence-electron chi connectivity index (χ2n) is 4.38. The maximum Gasteiger partial charge on any atom is 0.269 e. The standard InChI is InChI=1S/C12H17N3O3/c1-18-9-11(16)8-15-12(17)6-10(7-13-15)14-4-2-3-5-14/h6-7H,2-5,8-9H2,1H3. The summed E-state index contributed by atoms with van der Waals surface area (Å²) in [5.41, 5.74) is 0.594. The quantitative estimate of drug-likeness (QED) is 0.740. The van der Waals surface area contributed by atoms with E-state index in [0.29, 0.717) is 0 Å². The van der Waals surface area contributed by atoms with Gasteiger partial charge in [0.25, 0.3) is 5.56 Å². The van der Waals surface area contributed by atoms with Crippen LogP contribution in [0.1, 0.15) is 12.8 Å². The minimum atomic E-state index is -0.246. The van der Waals surface area contributed by atoms with Gasteiger partial charge < -0.3 is 9.64 Å². The summed E-state index contributed by atoms with van der Waals surface area (Å²) in [5.74, 6) is -0.166. The largest absolute Gasteiger partial charge is 0.377 e. The van der Waals surface area contributed by atoms with Crippen molar-refractivity contribution in [1.29, 1.82) is 0 Å². The van der Waals surface area contributed by atoms with Crippen LogP contribution in [0.4, 0.5) is 5.69 Å². The van der Waals surface area contributed by atoms with E-state index in [4.69, 9.17) is 4.74 Å². The average Bonchev–Trinajstić information content (AvgIpc) is 2.85. The maximum atomic E-state index is 11.8. The van der Waals surface area contributed by atoms with Crippen LogP contribution in [0.15, 0.2) is 17.1 Å². The third kappa shape index (κ3) is 2.95. The number of hydrogen-bond donors (Lipinski definition) is 0. The van der Waals surface area contributed by atoms with Gasteiger partial charge in [-0.3, -0.25) is 9.59 Å². The van der Waals surface area contributed by atoms with E-state index in [1.165, 1.54) is 11.8 Å². The smallest absolute Gasteiger partial charge is 0.269 e. The molecule has 2 rings (SSSR count).